The second-order valence-corrected chi connectivity index (χ2v) is 7.99. The van der Waals surface area contributed by atoms with Crippen molar-refractivity contribution in [3.8, 4) is 0 Å². The lowest BCUT2D eigenvalue weighted by Crippen LogP contribution is -2.48. The number of benzene rings is 1. The number of likely N-dealkylation sites (N-methyl/N-ethyl adjacent to an activating group) is 1. The number of rotatable bonds is 6. The van der Waals surface area contributed by atoms with Gasteiger partial charge in [-0.25, -0.2) is 12.7 Å². The van der Waals surface area contributed by atoms with Crippen molar-refractivity contribution in [2.75, 3.05) is 13.6 Å². The average molecular weight is 352 g/mol. The van der Waals surface area contributed by atoms with Crippen LogP contribution in [0.1, 0.15) is 38.2 Å². The highest BCUT2D eigenvalue weighted by Gasteiger charge is 2.44. The summed E-state index contributed by atoms with van der Waals surface area (Å²) in [6, 6.07) is 5.36. The van der Waals surface area contributed by atoms with Crippen molar-refractivity contribution >= 4 is 21.8 Å². The molecule has 0 spiro atoms. The molecule has 0 aliphatic carbocycles. The summed E-state index contributed by atoms with van der Waals surface area (Å²) in [6.45, 7) is 4.43. The Morgan fingerprint density at radius 2 is 1.92 bits per heavy atom. The molecule has 1 aromatic carbocycles. The molecule has 1 atom stereocenters. The van der Waals surface area contributed by atoms with Crippen molar-refractivity contribution in [3.63, 3.8) is 0 Å². The van der Waals surface area contributed by atoms with Gasteiger partial charge >= 0.3 is 0 Å². The summed E-state index contributed by atoms with van der Waals surface area (Å²) in [5.74, 6) is -0.831. The topological polar surface area (TPSA) is 74.8 Å². The van der Waals surface area contributed by atoms with E-state index in [1.54, 1.807) is 19.2 Å². The SMILES string of the molecule is CCCCN(C)C(=O)[C@@H]1CCC(=O)N1S(=O)(=O)c1ccc(C)cc1. The second-order valence-electron chi connectivity index (χ2n) is 6.18. The Hall–Kier alpha value is -1.89. The van der Waals surface area contributed by atoms with E-state index in [0.717, 1.165) is 22.7 Å². The zero-order valence-corrected chi connectivity index (χ0v) is 15.2. The normalized spacial score (nSPS) is 18.0. The minimum atomic E-state index is -4.02. The zero-order chi connectivity index (χ0) is 17.9. The molecule has 0 aromatic heterocycles. The maximum atomic E-state index is 12.8. The largest absolute Gasteiger partial charge is 0.344 e. The Morgan fingerprint density at radius 1 is 1.29 bits per heavy atom. The Labute approximate surface area is 143 Å². The van der Waals surface area contributed by atoms with E-state index in [1.807, 2.05) is 13.8 Å². The molecule has 2 rings (SSSR count). The van der Waals surface area contributed by atoms with E-state index < -0.39 is 22.0 Å². The number of hydrogen-bond donors (Lipinski definition) is 0. The summed E-state index contributed by atoms with van der Waals surface area (Å²) in [6.07, 6.45) is 2.09. The molecule has 132 valence electrons. The van der Waals surface area contributed by atoms with Gasteiger partial charge in [-0.3, -0.25) is 9.59 Å². The van der Waals surface area contributed by atoms with Crippen molar-refractivity contribution in [2.24, 2.45) is 0 Å². The first kappa shape index (κ1) is 18.4. The van der Waals surface area contributed by atoms with Gasteiger partial charge in [0.15, 0.2) is 0 Å². The third kappa shape index (κ3) is 3.61. The van der Waals surface area contributed by atoms with Crippen LogP contribution in [0.3, 0.4) is 0 Å². The smallest absolute Gasteiger partial charge is 0.267 e. The molecule has 24 heavy (non-hydrogen) atoms. The second kappa shape index (κ2) is 7.34. The van der Waals surface area contributed by atoms with Gasteiger partial charge in [0.1, 0.15) is 6.04 Å². The minimum absolute atomic E-state index is 0.0392. The van der Waals surface area contributed by atoms with Crippen LogP contribution in [0.2, 0.25) is 0 Å². The molecule has 1 aliphatic rings. The van der Waals surface area contributed by atoms with E-state index in [4.69, 9.17) is 0 Å². The van der Waals surface area contributed by atoms with Crippen LogP contribution in [0.25, 0.3) is 0 Å². The molecule has 2 amide bonds. The third-order valence-corrected chi connectivity index (χ3v) is 6.09. The lowest BCUT2D eigenvalue weighted by atomic mass is 10.2. The van der Waals surface area contributed by atoms with E-state index in [2.05, 4.69) is 0 Å². The lowest BCUT2D eigenvalue weighted by molar-refractivity contribution is -0.136. The molecular weight excluding hydrogens is 328 g/mol. The van der Waals surface area contributed by atoms with E-state index >= 15 is 0 Å². The average Bonchev–Trinajstić information content (AvgIpc) is 2.94. The van der Waals surface area contributed by atoms with E-state index in [0.29, 0.717) is 6.54 Å². The number of sulfonamides is 1. The molecule has 1 aliphatic heterocycles. The molecule has 6 nitrogen and oxygen atoms in total. The van der Waals surface area contributed by atoms with E-state index in [1.165, 1.54) is 17.0 Å². The fraction of sp³-hybridized carbons (Fsp3) is 0.529. The number of carbonyl (C=O) groups excluding carboxylic acids is 2. The first-order valence-electron chi connectivity index (χ1n) is 8.18. The summed E-state index contributed by atoms with van der Waals surface area (Å²) in [4.78, 5) is 26.4. The van der Waals surface area contributed by atoms with Crippen LogP contribution < -0.4 is 0 Å². The van der Waals surface area contributed by atoms with Crippen LogP contribution in [0.15, 0.2) is 29.2 Å². The predicted octanol–water partition coefficient (Wildman–Crippen LogP) is 1.93. The van der Waals surface area contributed by atoms with Crippen molar-refractivity contribution in [2.45, 2.75) is 50.5 Å². The van der Waals surface area contributed by atoms with Crippen LogP contribution in [-0.2, 0) is 19.6 Å². The van der Waals surface area contributed by atoms with Gasteiger partial charge in [-0.2, -0.15) is 0 Å². The van der Waals surface area contributed by atoms with Gasteiger partial charge in [-0.15, -0.1) is 0 Å². The fourth-order valence-corrected chi connectivity index (χ4v) is 4.37. The predicted molar refractivity (Wildman–Crippen MR) is 90.8 cm³/mol. The van der Waals surface area contributed by atoms with Gasteiger partial charge in [0.05, 0.1) is 4.90 Å². The summed E-state index contributed by atoms with van der Waals surface area (Å²) in [5, 5.41) is 0. The van der Waals surface area contributed by atoms with Gasteiger partial charge in [0.2, 0.25) is 11.8 Å². The number of nitrogens with zero attached hydrogens (tertiary/aromatic N) is 2. The minimum Gasteiger partial charge on any atom is -0.344 e. The van der Waals surface area contributed by atoms with E-state index in [-0.39, 0.29) is 23.6 Å². The molecule has 0 bridgehead atoms. The quantitative estimate of drug-likeness (QED) is 0.784. The first-order chi connectivity index (χ1) is 11.3. The van der Waals surface area contributed by atoms with Crippen LogP contribution in [0, 0.1) is 6.92 Å². The maximum absolute atomic E-state index is 12.8. The Morgan fingerprint density at radius 3 is 2.50 bits per heavy atom. The van der Waals surface area contributed by atoms with Crippen molar-refractivity contribution in [1.82, 2.24) is 9.21 Å². The number of carbonyl (C=O) groups is 2. The van der Waals surface area contributed by atoms with Crippen molar-refractivity contribution in [1.29, 1.82) is 0 Å². The monoisotopic (exact) mass is 352 g/mol. The molecule has 7 heteroatoms. The molecule has 0 radical (unpaired) electrons. The maximum Gasteiger partial charge on any atom is 0.267 e. The molecule has 0 N–H and O–H groups in total. The Balaban J connectivity index is 2.30. The van der Waals surface area contributed by atoms with Crippen LogP contribution in [0.5, 0.6) is 0 Å². The van der Waals surface area contributed by atoms with Crippen LogP contribution in [-0.4, -0.2) is 49.1 Å². The van der Waals surface area contributed by atoms with E-state index in [9.17, 15) is 18.0 Å². The van der Waals surface area contributed by atoms with Gasteiger partial charge in [-0.1, -0.05) is 31.0 Å². The molecule has 1 heterocycles. The molecule has 0 saturated carbocycles. The summed E-state index contributed by atoms with van der Waals surface area (Å²) in [7, 11) is -2.37. The number of unbranched alkanes of at least 4 members (excludes halogenated alkanes) is 1. The van der Waals surface area contributed by atoms with Crippen LogP contribution in [0.4, 0.5) is 0 Å². The summed E-state index contributed by atoms with van der Waals surface area (Å²) in [5.41, 5.74) is 0.925. The standard InChI is InChI=1S/C17H24N2O4S/c1-4-5-12-18(3)17(21)15-10-11-16(20)19(15)24(22,23)14-8-6-13(2)7-9-14/h6-9,15H,4-5,10-12H2,1-3H3/t15-/m0/s1. The summed E-state index contributed by atoms with van der Waals surface area (Å²) < 4.78 is 26.5. The van der Waals surface area contributed by atoms with Crippen LogP contribution >= 0.6 is 0 Å². The number of aryl methyl sites for hydroxylation is 1. The zero-order valence-electron chi connectivity index (χ0n) is 14.4. The van der Waals surface area contributed by atoms with Gasteiger partial charge in [0.25, 0.3) is 10.0 Å². The molecule has 0 unspecified atom stereocenters. The molecule has 1 aromatic rings. The number of amides is 2. The van der Waals surface area contributed by atoms with Gasteiger partial charge in [0, 0.05) is 20.0 Å². The fourth-order valence-electron chi connectivity index (χ4n) is 2.77. The highest BCUT2D eigenvalue weighted by Crippen LogP contribution is 2.28. The Kier molecular flexibility index (Phi) is 5.64. The highest BCUT2D eigenvalue weighted by molar-refractivity contribution is 7.89. The molecular formula is C17H24N2O4S. The van der Waals surface area contributed by atoms with Crippen molar-refractivity contribution < 1.29 is 18.0 Å². The van der Waals surface area contributed by atoms with Gasteiger partial charge < -0.3 is 4.90 Å². The number of hydrogen-bond acceptors (Lipinski definition) is 4. The van der Waals surface area contributed by atoms with Gasteiger partial charge in [-0.05, 0) is 31.9 Å². The lowest BCUT2D eigenvalue weighted by Gasteiger charge is -2.27. The Bertz CT molecular complexity index is 713. The molecule has 1 fully saturated rings. The summed E-state index contributed by atoms with van der Waals surface area (Å²) >= 11 is 0. The molecule has 1 saturated heterocycles. The van der Waals surface area contributed by atoms with Crippen molar-refractivity contribution in [3.05, 3.63) is 29.8 Å². The third-order valence-electron chi connectivity index (χ3n) is 4.25. The highest BCUT2D eigenvalue weighted by atomic mass is 32.2. The first-order valence-corrected chi connectivity index (χ1v) is 9.62.